The SMILES string of the molecule is CC(OC(=O)CNS(=O)(=O)c1ccc2c(c1)OCCCO2)C(=O)NC(N)=O. The van der Waals surface area contributed by atoms with Crippen LogP contribution in [0.4, 0.5) is 4.79 Å². The summed E-state index contributed by atoms with van der Waals surface area (Å²) in [6.07, 6.45) is -0.657. The lowest BCUT2D eigenvalue weighted by Gasteiger charge is -2.13. The van der Waals surface area contributed by atoms with Crippen molar-refractivity contribution < 1.29 is 37.0 Å². The molecule has 1 heterocycles. The van der Waals surface area contributed by atoms with Crippen molar-refractivity contribution in [3.05, 3.63) is 18.2 Å². The second-order valence-electron chi connectivity index (χ2n) is 5.47. The molecule has 0 saturated heterocycles. The highest BCUT2D eigenvalue weighted by atomic mass is 32.2. The summed E-state index contributed by atoms with van der Waals surface area (Å²) in [6, 6.07) is 2.96. The standard InChI is InChI=1S/C15H19N3O8S/c1-9(14(20)18-15(16)21)26-13(19)8-17-27(22,23)10-3-4-11-12(7-10)25-6-2-5-24-11/h3-4,7,9,17H,2,5-6,8H2,1H3,(H3,16,18,20,21). The maximum Gasteiger partial charge on any atom is 0.321 e. The number of amides is 3. The summed E-state index contributed by atoms with van der Waals surface area (Å²) in [6.45, 7) is 1.34. The summed E-state index contributed by atoms with van der Waals surface area (Å²) in [4.78, 5) is 33.6. The Kier molecular flexibility index (Phi) is 6.58. The third-order valence-corrected chi connectivity index (χ3v) is 4.76. The molecule has 0 aromatic heterocycles. The monoisotopic (exact) mass is 401 g/mol. The molecular weight excluding hydrogens is 382 g/mol. The van der Waals surface area contributed by atoms with Crippen LogP contribution in [0.25, 0.3) is 0 Å². The van der Waals surface area contributed by atoms with Crippen LogP contribution in [-0.4, -0.2) is 52.2 Å². The lowest BCUT2D eigenvalue weighted by Crippen LogP contribution is -2.43. The van der Waals surface area contributed by atoms with Crippen LogP contribution in [-0.2, 0) is 24.3 Å². The van der Waals surface area contributed by atoms with Crippen molar-refractivity contribution in [3.8, 4) is 11.5 Å². The fraction of sp³-hybridized carbons (Fsp3) is 0.400. The van der Waals surface area contributed by atoms with Crippen molar-refractivity contribution in [2.75, 3.05) is 19.8 Å². The van der Waals surface area contributed by atoms with Gasteiger partial charge in [0.25, 0.3) is 5.91 Å². The van der Waals surface area contributed by atoms with E-state index in [1.54, 1.807) is 5.32 Å². The Morgan fingerprint density at radius 2 is 1.89 bits per heavy atom. The first-order chi connectivity index (χ1) is 12.7. The van der Waals surface area contributed by atoms with E-state index in [2.05, 4.69) is 4.72 Å². The van der Waals surface area contributed by atoms with Gasteiger partial charge in [-0.05, 0) is 19.1 Å². The number of hydrogen-bond donors (Lipinski definition) is 3. The number of imide groups is 1. The molecule has 0 spiro atoms. The van der Waals surface area contributed by atoms with Crippen molar-refractivity contribution in [2.45, 2.75) is 24.3 Å². The Morgan fingerprint density at radius 3 is 2.56 bits per heavy atom. The van der Waals surface area contributed by atoms with E-state index >= 15 is 0 Å². The molecule has 1 aliphatic rings. The molecule has 12 heteroatoms. The maximum atomic E-state index is 12.3. The molecular formula is C15H19N3O8S. The second-order valence-corrected chi connectivity index (χ2v) is 7.24. The highest BCUT2D eigenvalue weighted by molar-refractivity contribution is 7.89. The van der Waals surface area contributed by atoms with Crippen LogP contribution in [0.3, 0.4) is 0 Å². The van der Waals surface area contributed by atoms with Gasteiger partial charge in [0.2, 0.25) is 10.0 Å². The number of carbonyl (C=O) groups is 3. The van der Waals surface area contributed by atoms with Gasteiger partial charge in [0.05, 0.1) is 18.1 Å². The highest BCUT2D eigenvalue weighted by Crippen LogP contribution is 2.31. The number of nitrogens with two attached hydrogens (primary N) is 1. The molecule has 1 aromatic carbocycles. The lowest BCUT2D eigenvalue weighted by molar-refractivity contribution is -0.153. The minimum Gasteiger partial charge on any atom is -0.490 e. The summed E-state index contributed by atoms with van der Waals surface area (Å²) in [5.41, 5.74) is 4.78. The van der Waals surface area contributed by atoms with Crippen LogP contribution in [0.15, 0.2) is 23.1 Å². The van der Waals surface area contributed by atoms with E-state index in [4.69, 9.17) is 19.9 Å². The normalized spacial score (nSPS) is 14.6. The van der Waals surface area contributed by atoms with E-state index in [0.29, 0.717) is 25.4 Å². The first-order valence-corrected chi connectivity index (χ1v) is 9.36. The third kappa shape index (κ3) is 5.82. The number of fused-ring (bicyclic) bond motifs is 1. The minimum atomic E-state index is -4.04. The summed E-state index contributed by atoms with van der Waals surface area (Å²) in [5, 5.41) is 1.74. The van der Waals surface area contributed by atoms with Gasteiger partial charge in [-0.3, -0.25) is 14.9 Å². The molecule has 0 radical (unpaired) electrons. The predicted molar refractivity (Wildman–Crippen MR) is 90.5 cm³/mol. The van der Waals surface area contributed by atoms with Crippen molar-refractivity contribution in [1.29, 1.82) is 0 Å². The first kappa shape index (κ1) is 20.5. The Hall–Kier alpha value is -2.86. The van der Waals surface area contributed by atoms with Crippen LogP contribution in [0.2, 0.25) is 0 Å². The molecule has 27 heavy (non-hydrogen) atoms. The van der Waals surface area contributed by atoms with Crippen LogP contribution in [0.5, 0.6) is 11.5 Å². The van der Waals surface area contributed by atoms with Gasteiger partial charge in [0, 0.05) is 12.5 Å². The number of sulfonamides is 1. The number of carbonyl (C=O) groups excluding carboxylic acids is 3. The zero-order valence-corrected chi connectivity index (χ0v) is 15.2. The third-order valence-electron chi connectivity index (χ3n) is 3.36. The summed E-state index contributed by atoms with van der Waals surface area (Å²) >= 11 is 0. The Labute approximate surface area is 155 Å². The second kappa shape index (κ2) is 8.68. The lowest BCUT2D eigenvalue weighted by atomic mass is 10.3. The number of primary amides is 1. The van der Waals surface area contributed by atoms with Gasteiger partial charge in [-0.25, -0.2) is 13.2 Å². The number of ether oxygens (including phenoxy) is 3. The predicted octanol–water partition coefficient (Wildman–Crippen LogP) is -0.747. The van der Waals surface area contributed by atoms with Crippen molar-refractivity contribution in [3.63, 3.8) is 0 Å². The van der Waals surface area contributed by atoms with Gasteiger partial charge in [-0.2, -0.15) is 4.72 Å². The van der Waals surface area contributed by atoms with Crippen LogP contribution in [0, 0.1) is 0 Å². The molecule has 0 saturated carbocycles. The Morgan fingerprint density at radius 1 is 1.22 bits per heavy atom. The molecule has 1 atom stereocenters. The average Bonchev–Trinajstić information content (AvgIpc) is 2.84. The van der Waals surface area contributed by atoms with Gasteiger partial charge in [0.15, 0.2) is 17.6 Å². The smallest absolute Gasteiger partial charge is 0.321 e. The number of benzene rings is 1. The summed E-state index contributed by atoms with van der Waals surface area (Å²) < 4.78 is 42.3. The molecule has 4 N–H and O–H groups in total. The zero-order valence-electron chi connectivity index (χ0n) is 14.4. The maximum absolute atomic E-state index is 12.3. The fourth-order valence-electron chi connectivity index (χ4n) is 2.06. The minimum absolute atomic E-state index is 0.126. The Balaban J connectivity index is 1.96. The fourth-order valence-corrected chi connectivity index (χ4v) is 3.05. The van der Waals surface area contributed by atoms with Gasteiger partial charge >= 0.3 is 12.0 Å². The van der Waals surface area contributed by atoms with E-state index in [1.807, 2.05) is 0 Å². The number of rotatable bonds is 6. The first-order valence-electron chi connectivity index (χ1n) is 7.88. The molecule has 1 unspecified atom stereocenters. The van der Waals surface area contributed by atoms with Crippen molar-refractivity contribution in [2.24, 2.45) is 5.73 Å². The number of urea groups is 1. The van der Waals surface area contributed by atoms with Gasteiger partial charge < -0.3 is 19.9 Å². The van der Waals surface area contributed by atoms with Gasteiger partial charge in [0.1, 0.15) is 6.54 Å². The zero-order chi connectivity index (χ0) is 20.0. The van der Waals surface area contributed by atoms with Crippen LogP contribution in [0.1, 0.15) is 13.3 Å². The number of nitrogens with one attached hydrogen (secondary N) is 2. The van der Waals surface area contributed by atoms with Crippen LogP contribution >= 0.6 is 0 Å². The topological polar surface area (TPSA) is 163 Å². The number of hydrogen-bond acceptors (Lipinski definition) is 8. The van der Waals surface area contributed by atoms with E-state index in [9.17, 15) is 22.8 Å². The molecule has 0 bridgehead atoms. The average molecular weight is 401 g/mol. The Bertz CT molecular complexity index is 839. The highest BCUT2D eigenvalue weighted by Gasteiger charge is 2.22. The molecule has 1 aromatic rings. The van der Waals surface area contributed by atoms with E-state index in [0.717, 1.165) is 0 Å². The molecule has 11 nitrogen and oxygen atoms in total. The molecule has 3 amide bonds. The molecule has 0 aliphatic carbocycles. The van der Waals surface area contributed by atoms with Gasteiger partial charge in [-0.15, -0.1) is 0 Å². The van der Waals surface area contributed by atoms with E-state index in [1.165, 1.54) is 25.1 Å². The quantitative estimate of drug-likeness (QED) is 0.524. The molecule has 2 rings (SSSR count). The largest absolute Gasteiger partial charge is 0.490 e. The van der Waals surface area contributed by atoms with E-state index in [-0.39, 0.29) is 10.6 Å². The van der Waals surface area contributed by atoms with Gasteiger partial charge in [-0.1, -0.05) is 0 Å². The van der Waals surface area contributed by atoms with E-state index < -0.39 is 40.6 Å². The summed E-state index contributed by atoms with van der Waals surface area (Å²) in [5.74, 6) is -1.23. The number of esters is 1. The summed E-state index contributed by atoms with van der Waals surface area (Å²) in [7, 11) is -4.04. The van der Waals surface area contributed by atoms with Crippen molar-refractivity contribution >= 4 is 27.9 Å². The molecule has 0 fully saturated rings. The van der Waals surface area contributed by atoms with Crippen molar-refractivity contribution in [1.82, 2.24) is 10.0 Å². The molecule has 148 valence electrons. The van der Waals surface area contributed by atoms with Crippen LogP contribution < -0.4 is 25.2 Å². The molecule has 1 aliphatic heterocycles.